The molecular weight excluding hydrogens is 310 g/mol. The number of fused-ring (bicyclic) bond motifs is 1. The van der Waals surface area contributed by atoms with Gasteiger partial charge in [-0.25, -0.2) is 14.8 Å². The van der Waals surface area contributed by atoms with Gasteiger partial charge in [0, 0.05) is 12.3 Å². The van der Waals surface area contributed by atoms with Crippen molar-refractivity contribution >= 4 is 45.1 Å². The molecule has 0 aromatic carbocycles. The summed E-state index contributed by atoms with van der Waals surface area (Å²) in [6.45, 7) is 3.83. The number of carbonyl (C=O) groups is 1. The standard InChI is InChI=1S/C13H17N3O3S2/c1-7-8-10(14-4-13(2,19)5-20-3)15-6-16-11(8)21-9(7)12(17)18/h6,19H,4-5H2,1-3H3,(H,17,18)(H,14,15,16). The number of carboxylic acid groups (broad SMARTS) is 1. The summed E-state index contributed by atoms with van der Waals surface area (Å²) in [5.74, 6) is 0.190. The van der Waals surface area contributed by atoms with Crippen LogP contribution in [0.25, 0.3) is 10.2 Å². The molecule has 1 unspecified atom stereocenters. The fourth-order valence-corrected chi connectivity index (χ4v) is 3.76. The van der Waals surface area contributed by atoms with E-state index >= 15 is 0 Å². The average molecular weight is 327 g/mol. The van der Waals surface area contributed by atoms with E-state index in [9.17, 15) is 15.0 Å². The van der Waals surface area contributed by atoms with Crippen molar-refractivity contribution < 1.29 is 15.0 Å². The Morgan fingerprint density at radius 1 is 1.52 bits per heavy atom. The first kappa shape index (κ1) is 16.0. The van der Waals surface area contributed by atoms with Crippen LogP contribution in [-0.4, -0.2) is 50.3 Å². The maximum atomic E-state index is 11.2. The monoisotopic (exact) mass is 327 g/mol. The number of nitrogens with zero attached hydrogens (tertiary/aromatic N) is 2. The molecule has 0 aliphatic rings. The summed E-state index contributed by atoms with van der Waals surface area (Å²) in [5.41, 5.74) is -0.217. The van der Waals surface area contributed by atoms with Gasteiger partial charge in [-0.1, -0.05) is 0 Å². The van der Waals surface area contributed by atoms with Gasteiger partial charge >= 0.3 is 5.97 Å². The highest BCUT2D eigenvalue weighted by atomic mass is 32.2. The Bertz CT molecular complexity index is 670. The topological polar surface area (TPSA) is 95.3 Å². The van der Waals surface area contributed by atoms with E-state index in [-0.39, 0.29) is 4.88 Å². The zero-order chi connectivity index (χ0) is 15.6. The van der Waals surface area contributed by atoms with Gasteiger partial charge in [0.15, 0.2) is 0 Å². The molecule has 0 spiro atoms. The molecule has 2 aromatic rings. The van der Waals surface area contributed by atoms with Crippen molar-refractivity contribution in [2.75, 3.05) is 23.9 Å². The summed E-state index contributed by atoms with van der Waals surface area (Å²) in [7, 11) is 0. The molecule has 3 N–H and O–H groups in total. The smallest absolute Gasteiger partial charge is 0.346 e. The van der Waals surface area contributed by atoms with Crippen LogP contribution in [0, 0.1) is 6.92 Å². The number of thiophene rings is 1. The number of aromatic nitrogens is 2. The molecule has 1 atom stereocenters. The van der Waals surface area contributed by atoms with Crippen LogP contribution in [0.3, 0.4) is 0 Å². The van der Waals surface area contributed by atoms with E-state index in [0.717, 1.165) is 11.3 Å². The Morgan fingerprint density at radius 2 is 2.24 bits per heavy atom. The Morgan fingerprint density at radius 3 is 2.86 bits per heavy atom. The maximum Gasteiger partial charge on any atom is 0.346 e. The van der Waals surface area contributed by atoms with E-state index in [2.05, 4.69) is 15.3 Å². The van der Waals surface area contributed by atoms with Crippen LogP contribution in [0.5, 0.6) is 0 Å². The van der Waals surface area contributed by atoms with E-state index in [1.54, 1.807) is 25.6 Å². The molecular formula is C13H17N3O3S2. The van der Waals surface area contributed by atoms with Crippen molar-refractivity contribution in [1.82, 2.24) is 9.97 Å². The molecule has 21 heavy (non-hydrogen) atoms. The number of aliphatic hydroxyl groups is 1. The molecule has 2 rings (SSSR count). The van der Waals surface area contributed by atoms with Crippen molar-refractivity contribution in [2.24, 2.45) is 0 Å². The number of aryl methyl sites for hydroxylation is 1. The Hall–Kier alpha value is -1.38. The first-order valence-corrected chi connectivity index (χ1v) is 8.49. The van der Waals surface area contributed by atoms with E-state index in [4.69, 9.17) is 0 Å². The largest absolute Gasteiger partial charge is 0.477 e. The molecule has 6 nitrogen and oxygen atoms in total. The van der Waals surface area contributed by atoms with E-state index < -0.39 is 11.6 Å². The minimum absolute atomic E-state index is 0.268. The molecule has 8 heteroatoms. The summed E-state index contributed by atoms with van der Waals surface area (Å²) in [6.07, 6.45) is 3.33. The predicted molar refractivity (Wildman–Crippen MR) is 86.6 cm³/mol. The molecule has 0 aliphatic carbocycles. The zero-order valence-corrected chi connectivity index (χ0v) is 13.6. The van der Waals surface area contributed by atoms with Gasteiger partial charge in [-0.15, -0.1) is 11.3 Å². The number of aromatic carboxylic acids is 1. The van der Waals surface area contributed by atoms with Crippen molar-refractivity contribution in [3.8, 4) is 0 Å². The fraction of sp³-hybridized carbons (Fsp3) is 0.462. The van der Waals surface area contributed by atoms with Gasteiger partial charge in [-0.05, 0) is 25.7 Å². The lowest BCUT2D eigenvalue weighted by Crippen LogP contribution is -2.36. The predicted octanol–water partition coefficient (Wildman–Crippen LogP) is 2.22. The van der Waals surface area contributed by atoms with Gasteiger partial charge in [0.05, 0.1) is 11.0 Å². The molecule has 2 heterocycles. The summed E-state index contributed by atoms with van der Waals surface area (Å²) in [5, 5.41) is 23.2. The Labute approximate surface area is 130 Å². The van der Waals surface area contributed by atoms with Crippen molar-refractivity contribution in [3.05, 3.63) is 16.8 Å². The highest BCUT2D eigenvalue weighted by Crippen LogP contribution is 2.33. The molecule has 2 aromatic heterocycles. The Kier molecular flexibility index (Phi) is 4.70. The molecule has 0 saturated carbocycles. The van der Waals surface area contributed by atoms with Crippen LogP contribution in [0.15, 0.2) is 6.33 Å². The first-order chi connectivity index (χ1) is 9.85. The van der Waals surface area contributed by atoms with Crippen LogP contribution in [-0.2, 0) is 0 Å². The summed E-state index contributed by atoms with van der Waals surface area (Å²) < 4.78 is 0. The number of nitrogens with one attached hydrogen (secondary N) is 1. The second-order valence-electron chi connectivity index (χ2n) is 5.05. The lowest BCUT2D eigenvalue weighted by atomic mass is 10.1. The third-order valence-electron chi connectivity index (χ3n) is 3.01. The summed E-state index contributed by atoms with van der Waals surface area (Å²) >= 11 is 2.69. The molecule has 0 saturated heterocycles. The molecule has 0 radical (unpaired) electrons. The third-order valence-corrected chi connectivity index (χ3v) is 5.11. The molecule has 0 bridgehead atoms. The van der Waals surface area contributed by atoms with Gasteiger partial charge in [-0.3, -0.25) is 0 Å². The van der Waals surface area contributed by atoms with Crippen LogP contribution >= 0.6 is 23.1 Å². The lowest BCUT2D eigenvalue weighted by Gasteiger charge is -2.23. The highest BCUT2D eigenvalue weighted by Gasteiger charge is 2.22. The summed E-state index contributed by atoms with van der Waals surface area (Å²) in [6, 6.07) is 0. The lowest BCUT2D eigenvalue weighted by molar-refractivity contribution is 0.0701. The maximum absolute atomic E-state index is 11.2. The number of carboxylic acids is 1. The normalized spacial score (nSPS) is 14.1. The summed E-state index contributed by atoms with van der Waals surface area (Å²) in [4.78, 5) is 20.4. The molecule has 114 valence electrons. The second kappa shape index (κ2) is 6.17. The minimum atomic E-state index is -0.962. The van der Waals surface area contributed by atoms with Gasteiger partial charge in [0.25, 0.3) is 0 Å². The van der Waals surface area contributed by atoms with Crippen LogP contribution in [0.4, 0.5) is 5.82 Å². The van der Waals surface area contributed by atoms with Gasteiger partial charge < -0.3 is 15.5 Å². The number of hydrogen-bond donors (Lipinski definition) is 3. The highest BCUT2D eigenvalue weighted by molar-refractivity contribution is 7.98. The number of anilines is 1. The SMILES string of the molecule is CSCC(C)(O)CNc1ncnc2sc(C(=O)O)c(C)c12. The zero-order valence-electron chi connectivity index (χ0n) is 12.0. The quantitative estimate of drug-likeness (QED) is 0.748. The van der Waals surface area contributed by atoms with Crippen molar-refractivity contribution in [1.29, 1.82) is 0 Å². The average Bonchev–Trinajstić information content (AvgIpc) is 2.75. The molecule has 0 aliphatic heterocycles. The van der Waals surface area contributed by atoms with Crippen LogP contribution in [0.1, 0.15) is 22.2 Å². The van der Waals surface area contributed by atoms with Gasteiger partial charge in [-0.2, -0.15) is 11.8 Å². The number of rotatable bonds is 6. The molecule has 0 amide bonds. The van der Waals surface area contributed by atoms with E-state index in [0.29, 0.717) is 33.9 Å². The van der Waals surface area contributed by atoms with Crippen molar-refractivity contribution in [3.63, 3.8) is 0 Å². The molecule has 0 fully saturated rings. The second-order valence-corrected chi connectivity index (χ2v) is 6.91. The van der Waals surface area contributed by atoms with Gasteiger partial charge in [0.1, 0.15) is 21.9 Å². The minimum Gasteiger partial charge on any atom is -0.477 e. The van der Waals surface area contributed by atoms with Crippen LogP contribution < -0.4 is 5.32 Å². The number of hydrogen-bond acceptors (Lipinski definition) is 7. The van der Waals surface area contributed by atoms with E-state index in [1.807, 2.05) is 6.26 Å². The van der Waals surface area contributed by atoms with E-state index in [1.165, 1.54) is 6.33 Å². The Balaban J connectivity index is 2.34. The van der Waals surface area contributed by atoms with Crippen molar-refractivity contribution in [2.45, 2.75) is 19.4 Å². The van der Waals surface area contributed by atoms with Gasteiger partial charge in [0.2, 0.25) is 0 Å². The third kappa shape index (κ3) is 3.45. The fourth-order valence-electron chi connectivity index (χ4n) is 2.05. The first-order valence-electron chi connectivity index (χ1n) is 6.28. The number of thioether (sulfide) groups is 1. The van der Waals surface area contributed by atoms with Crippen LogP contribution in [0.2, 0.25) is 0 Å².